The van der Waals surface area contributed by atoms with Crippen LogP contribution in [0.25, 0.3) is 0 Å². The maximum atomic E-state index is 12.5. The first-order valence-electron chi connectivity index (χ1n) is 8.31. The maximum Gasteiger partial charge on any atom is 0.341 e. The highest BCUT2D eigenvalue weighted by atomic mass is 16.5. The van der Waals surface area contributed by atoms with E-state index in [0.717, 1.165) is 6.42 Å². The largest absolute Gasteiger partial charge is 0.465 e. The van der Waals surface area contributed by atoms with Crippen molar-refractivity contribution in [2.75, 3.05) is 13.7 Å². The fraction of sp³-hybridized carbons (Fsp3) is 0.389. The Hall–Kier alpha value is -3.03. The van der Waals surface area contributed by atoms with Crippen LogP contribution in [-0.4, -0.2) is 42.4 Å². The Bertz CT molecular complexity index is 808. The normalized spacial score (nSPS) is 16.5. The minimum atomic E-state index is -0.552. The predicted octanol–water partition coefficient (Wildman–Crippen LogP) is 1.89. The molecular weight excluding hydrogens is 340 g/mol. The molecule has 0 radical (unpaired) electrons. The second-order valence-corrected chi connectivity index (χ2v) is 6.03. The molecule has 2 aromatic rings. The number of ether oxygens (including phenoxy) is 1. The number of amides is 2. The van der Waals surface area contributed by atoms with E-state index in [1.807, 2.05) is 0 Å². The van der Waals surface area contributed by atoms with E-state index in [1.165, 1.54) is 18.3 Å². The number of hydrogen-bond donors (Lipinski definition) is 1. The first kappa shape index (κ1) is 17.8. The van der Waals surface area contributed by atoms with Gasteiger partial charge in [-0.3, -0.25) is 9.59 Å². The summed E-state index contributed by atoms with van der Waals surface area (Å²) in [5, 5.41) is 2.76. The molecule has 2 aromatic heterocycles. The molecule has 0 bridgehead atoms. The molecule has 8 heteroatoms. The van der Waals surface area contributed by atoms with Crippen LogP contribution in [0.3, 0.4) is 0 Å². The Morgan fingerprint density at radius 2 is 2.19 bits per heavy atom. The summed E-state index contributed by atoms with van der Waals surface area (Å²) in [7, 11) is 1.29. The zero-order valence-corrected chi connectivity index (χ0v) is 14.6. The molecule has 1 fully saturated rings. The quantitative estimate of drug-likeness (QED) is 0.817. The molecule has 26 heavy (non-hydrogen) atoms. The summed E-state index contributed by atoms with van der Waals surface area (Å²) < 4.78 is 15.3. The van der Waals surface area contributed by atoms with E-state index in [-0.39, 0.29) is 24.1 Å². The lowest BCUT2D eigenvalue weighted by atomic mass is 10.2. The van der Waals surface area contributed by atoms with Gasteiger partial charge in [0.25, 0.3) is 5.91 Å². The van der Waals surface area contributed by atoms with Gasteiger partial charge in [-0.2, -0.15) is 0 Å². The van der Waals surface area contributed by atoms with Gasteiger partial charge in [0.1, 0.15) is 23.1 Å². The summed E-state index contributed by atoms with van der Waals surface area (Å²) >= 11 is 0. The SMILES string of the molecule is COC(=O)c1cc(CNC(=O)C2CCCN2C(=O)c2ccco2)oc1C. The van der Waals surface area contributed by atoms with Gasteiger partial charge in [0, 0.05) is 6.54 Å². The molecule has 8 nitrogen and oxygen atoms in total. The summed E-state index contributed by atoms with van der Waals surface area (Å²) in [6.07, 6.45) is 2.76. The standard InChI is InChI=1S/C18H20N2O6/c1-11-13(18(23)24-2)9-12(26-11)10-19-16(21)14-5-3-7-20(14)17(22)15-6-4-8-25-15/h4,6,8-9,14H,3,5,7,10H2,1-2H3,(H,19,21). The molecule has 1 atom stereocenters. The van der Waals surface area contributed by atoms with Crippen LogP contribution >= 0.6 is 0 Å². The monoisotopic (exact) mass is 360 g/mol. The van der Waals surface area contributed by atoms with Crippen molar-refractivity contribution >= 4 is 17.8 Å². The Kier molecular flexibility index (Phi) is 5.11. The Labute approximate surface area is 150 Å². The number of furan rings is 2. The van der Waals surface area contributed by atoms with Gasteiger partial charge in [-0.05, 0) is 38.0 Å². The van der Waals surface area contributed by atoms with E-state index in [0.29, 0.717) is 30.0 Å². The molecule has 1 aliphatic rings. The molecule has 1 unspecified atom stereocenters. The Morgan fingerprint density at radius 1 is 1.38 bits per heavy atom. The van der Waals surface area contributed by atoms with Gasteiger partial charge in [0.2, 0.25) is 5.91 Å². The lowest BCUT2D eigenvalue weighted by molar-refractivity contribution is -0.125. The molecular formula is C18H20N2O6. The molecule has 0 saturated carbocycles. The second-order valence-electron chi connectivity index (χ2n) is 6.03. The number of methoxy groups -OCH3 is 1. The second kappa shape index (κ2) is 7.47. The molecule has 1 aliphatic heterocycles. The van der Waals surface area contributed by atoms with Crippen LogP contribution in [0, 0.1) is 6.92 Å². The Balaban J connectivity index is 1.62. The number of aryl methyl sites for hydroxylation is 1. The van der Waals surface area contributed by atoms with Gasteiger partial charge in [0.05, 0.1) is 19.9 Å². The number of carbonyl (C=O) groups excluding carboxylic acids is 3. The molecule has 138 valence electrons. The molecule has 2 amide bonds. The van der Waals surface area contributed by atoms with Crippen LogP contribution < -0.4 is 5.32 Å². The van der Waals surface area contributed by atoms with Crippen LogP contribution in [0.4, 0.5) is 0 Å². The van der Waals surface area contributed by atoms with E-state index in [1.54, 1.807) is 25.1 Å². The fourth-order valence-electron chi connectivity index (χ4n) is 3.06. The highest BCUT2D eigenvalue weighted by Crippen LogP contribution is 2.21. The van der Waals surface area contributed by atoms with Crippen molar-refractivity contribution in [1.82, 2.24) is 10.2 Å². The first-order chi connectivity index (χ1) is 12.5. The third-order valence-electron chi connectivity index (χ3n) is 4.36. The topological polar surface area (TPSA) is 102 Å². The molecule has 0 spiro atoms. The summed E-state index contributed by atoms with van der Waals surface area (Å²) in [4.78, 5) is 38.1. The van der Waals surface area contributed by atoms with Gasteiger partial charge in [-0.15, -0.1) is 0 Å². The van der Waals surface area contributed by atoms with Crippen molar-refractivity contribution in [2.45, 2.75) is 32.4 Å². The number of likely N-dealkylation sites (tertiary alicyclic amines) is 1. The van der Waals surface area contributed by atoms with Crippen molar-refractivity contribution in [2.24, 2.45) is 0 Å². The predicted molar refractivity (Wildman–Crippen MR) is 89.4 cm³/mol. The van der Waals surface area contributed by atoms with E-state index in [4.69, 9.17) is 8.83 Å². The average molecular weight is 360 g/mol. The van der Waals surface area contributed by atoms with Gasteiger partial charge >= 0.3 is 5.97 Å². The van der Waals surface area contributed by atoms with Crippen LogP contribution in [0.1, 0.15) is 45.3 Å². The molecule has 0 aromatic carbocycles. The average Bonchev–Trinajstić information content (AvgIpc) is 3.38. The highest BCUT2D eigenvalue weighted by Gasteiger charge is 2.35. The minimum absolute atomic E-state index is 0.121. The van der Waals surface area contributed by atoms with Crippen molar-refractivity contribution in [1.29, 1.82) is 0 Å². The zero-order chi connectivity index (χ0) is 18.7. The van der Waals surface area contributed by atoms with Crippen molar-refractivity contribution in [3.05, 3.63) is 47.3 Å². The van der Waals surface area contributed by atoms with Crippen molar-refractivity contribution < 1.29 is 28.0 Å². The smallest absolute Gasteiger partial charge is 0.341 e. The lowest BCUT2D eigenvalue weighted by Gasteiger charge is -2.22. The molecule has 3 heterocycles. The molecule has 1 N–H and O–H groups in total. The summed E-state index contributed by atoms with van der Waals surface area (Å²) in [5.41, 5.74) is 0.326. The zero-order valence-electron chi connectivity index (χ0n) is 14.6. The maximum absolute atomic E-state index is 12.5. The van der Waals surface area contributed by atoms with Crippen molar-refractivity contribution in [3.63, 3.8) is 0 Å². The van der Waals surface area contributed by atoms with Gasteiger partial charge in [-0.1, -0.05) is 0 Å². The number of hydrogen-bond acceptors (Lipinski definition) is 6. The number of nitrogens with one attached hydrogen (secondary N) is 1. The van der Waals surface area contributed by atoms with Crippen LogP contribution in [0.2, 0.25) is 0 Å². The van der Waals surface area contributed by atoms with Gasteiger partial charge in [-0.25, -0.2) is 4.79 Å². The van der Waals surface area contributed by atoms with Gasteiger partial charge < -0.3 is 23.8 Å². The van der Waals surface area contributed by atoms with Crippen LogP contribution in [0.5, 0.6) is 0 Å². The minimum Gasteiger partial charge on any atom is -0.465 e. The third kappa shape index (κ3) is 3.49. The van der Waals surface area contributed by atoms with E-state index in [2.05, 4.69) is 10.1 Å². The van der Waals surface area contributed by atoms with E-state index >= 15 is 0 Å². The third-order valence-corrected chi connectivity index (χ3v) is 4.36. The first-order valence-corrected chi connectivity index (χ1v) is 8.31. The number of esters is 1. The number of rotatable bonds is 5. The summed E-state index contributed by atoms with van der Waals surface area (Å²) in [6.45, 7) is 2.28. The fourth-order valence-corrected chi connectivity index (χ4v) is 3.06. The van der Waals surface area contributed by atoms with Crippen LogP contribution in [-0.2, 0) is 16.1 Å². The molecule has 0 aliphatic carbocycles. The number of nitrogens with zero attached hydrogens (tertiary/aromatic N) is 1. The van der Waals surface area contributed by atoms with E-state index < -0.39 is 12.0 Å². The van der Waals surface area contributed by atoms with Gasteiger partial charge in [0.15, 0.2) is 5.76 Å². The number of carbonyl (C=O) groups is 3. The van der Waals surface area contributed by atoms with Crippen molar-refractivity contribution in [3.8, 4) is 0 Å². The van der Waals surface area contributed by atoms with Crippen LogP contribution in [0.15, 0.2) is 33.3 Å². The summed E-state index contributed by atoms with van der Waals surface area (Å²) in [5.74, 6) is 0.0317. The lowest BCUT2D eigenvalue weighted by Crippen LogP contribution is -2.45. The molecule has 1 saturated heterocycles. The van der Waals surface area contributed by atoms with E-state index in [9.17, 15) is 14.4 Å². The molecule has 3 rings (SSSR count). The highest BCUT2D eigenvalue weighted by molar-refractivity contribution is 5.96. The summed E-state index contributed by atoms with van der Waals surface area (Å²) in [6, 6.07) is 4.21. The Morgan fingerprint density at radius 3 is 2.88 bits per heavy atom.